The number of halogens is 1. The van der Waals surface area contributed by atoms with Crippen molar-refractivity contribution in [3.05, 3.63) is 65.2 Å². The Balaban J connectivity index is 2.08. The molecule has 2 N–H and O–H groups in total. The van der Waals surface area contributed by atoms with Gasteiger partial charge in [0.2, 0.25) is 0 Å². The molecule has 0 fully saturated rings. The molecule has 0 saturated heterocycles. The van der Waals surface area contributed by atoms with E-state index in [2.05, 4.69) is 17.1 Å². The van der Waals surface area contributed by atoms with Crippen LogP contribution in [-0.4, -0.2) is 30.9 Å². The summed E-state index contributed by atoms with van der Waals surface area (Å²) < 4.78 is 10.6. The Kier molecular flexibility index (Phi) is 6.42. The summed E-state index contributed by atoms with van der Waals surface area (Å²) in [5.74, 6) is 0.497. The molecular formula is C18H17ClN2O4. The van der Waals surface area contributed by atoms with Crippen LogP contribution in [0.2, 0.25) is 5.02 Å². The number of aromatic hydroxyl groups is 1. The van der Waals surface area contributed by atoms with Crippen molar-refractivity contribution in [3.63, 3.8) is 0 Å². The van der Waals surface area contributed by atoms with E-state index in [1.807, 2.05) is 0 Å². The lowest BCUT2D eigenvalue weighted by atomic mass is 10.2. The summed E-state index contributed by atoms with van der Waals surface area (Å²) in [5.41, 5.74) is 3.10. The Morgan fingerprint density at radius 2 is 2.12 bits per heavy atom. The number of hydrogen-bond donors (Lipinski definition) is 2. The molecule has 2 aromatic rings. The van der Waals surface area contributed by atoms with E-state index in [1.165, 1.54) is 25.5 Å². The minimum absolute atomic E-state index is 0.00721. The number of ether oxygens (including phenoxy) is 2. The molecule has 0 spiro atoms. The molecule has 25 heavy (non-hydrogen) atoms. The maximum atomic E-state index is 12.2. The number of carbonyl (C=O) groups is 1. The summed E-state index contributed by atoms with van der Waals surface area (Å²) in [6.07, 6.45) is 2.91. The maximum absolute atomic E-state index is 12.2. The average molecular weight is 361 g/mol. The summed E-state index contributed by atoms with van der Waals surface area (Å²) in [5, 5.41) is 14.0. The van der Waals surface area contributed by atoms with Crippen LogP contribution in [0.25, 0.3) is 0 Å². The number of nitrogens with one attached hydrogen (secondary N) is 1. The fraction of sp³-hybridized carbons (Fsp3) is 0.111. The normalized spacial score (nSPS) is 10.5. The van der Waals surface area contributed by atoms with Gasteiger partial charge in [0.25, 0.3) is 5.91 Å². The number of hydrazone groups is 1. The predicted molar refractivity (Wildman–Crippen MR) is 96.9 cm³/mol. The van der Waals surface area contributed by atoms with Crippen molar-refractivity contribution in [2.45, 2.75) is 0 Å². The molecule has 0 aliphatic heterocycles. The fourth-order valence-corrected chi connectivity index (χ4v) is 2.11. The van der Waals surface area contributed by atoms with Crippen molar-refractivity contribution in [2.24, 2.45) is 5.10 Å². The van der Waals surface area contributed by atoms with Crippen molar-refractivity contribution >= 4 is 23.7 Å². The van der Waals surface area contributed by atoms with Gasteiger partial charge in [0, 0.05) is 16.1 Å². The fourth-order valence-electron chi connectivity index (χ4n) is 1.93. The van der Waals surface area contributed by atoms with Gasteiger partial charge in [-0.2, -0.15) is 5.10 Å². The molecule has 0 aliphatic rings. The number of nitrogens with zero attached hydrogens (tertiary/aromatic N) is 1. The molecule has 0 atom stereocenters. The van der Waals surface area contributed by atoms with E-state index in [0.717, 1.165) is 0 Å². The Hall–Kier alpha value is -2.99. The number of hydrogen-bond acceptors (Lipinski definition) is 5. The van der Waals surface area contributed by atoms with Gasteiger partial charge in [0.05, 0.1) is 13.3 Å². The Labute approximate surface area is 150 Å². The molecule has 7 heteroatoms. The smallest absolute Gasteiger partial charge is 0.271 e. The topological polar surface area (TPSA) is 80.2 Å². The second kappa shape index (κ2) is 8.75. The average Bonchev–Trinajstić information content (AvgIpc) is 2.62. The quantitative estimate of drug-likeness (QED) is 0.450. The second-order valence-electron chi connectivity index (χ2n) is 4.87. The van der Waals surface area contributed by atoms with Crippen LogP contribution in [0.15, 0.2) is 54.2 Å². The molecule has 6 nitrogen and oxygen atoms in total. The van der Waals surface area contributed by atoms with Gasteiger partial charge < -0.3 is 14.6 Å². The highest BCUT2D eigenvalue weighted by molar-refractivity contribution is 6.30. The summed E-state index contributed by atoms with van der Waals surface area (Å²) in [4.78, 5) is 12.2. The predicted octanol–water partition coefficient (Wildman–Crippen LogP) is 3.38. The van der Waals surface area contributed by atoms with Crippen molar-refractivity contribution in [1.29, 1.82) is 0 Å². The van der Waals surface area contributed by atoms with Crippen LogP contribution in [0, 0.1) is 0 Å². The summed E-state index contributed by atoms with van der Waals surface area (Å²) in [6.45, 7) is 3.90. The summed E-state index contributed by atoms with van der Waals surface area (Å²) in [6, 6.07) is 9.28. The van der Waals surface area contributed by atoms with Crippen LogP contribution < -0.4 is 14.9 Å². The third-order valence-electron chi connectivity index (χ3n) is 3.14. The standard InChI is InChI=1S/C18H17ClN2O4/c1-3-8-25-16-7-4-12(10-17(16)24-2)18(23)21-20-11-13-9-14(19)5-6-15(13)22/h3-7,9-11,22H,1,8H2,2H3,(H,21,23)/b20-11+. The van der Waals surface area contributed by atoms with Gasteiger partial charge in [0.15, 0.2) is 11.5 Å². The van der Waals surface area contributed by atoms with Gasteiger partial charge in [0.1, 0.15) is 12.4 Å². The zero-order chi connectivity index (χ0) is 18.2. The Morgan fingerprint density at radius 1 is 1.32 bits per heavy atom. The number of rotatable bonds is 7. The minimum atomic E-state index is -0.439. The first-order valence-corrected chi connectivity index (χ1v) is 7.66. The number of methoxy groups -OCH3 is 1. The zero-order valence-corrected chi connectivity index (χ0v) is 14.3. The molecule has 2 rings (SSSR count). The summed E-state index contributed by atoms with van der Waals surface area (Å²) in [7, 11) is 1.48. The molecule has 2 aromatic carbocycles. The van der Waals surface area contributed by atoms with E-state index in [1.54, 1.807) is 30.3 Å². The number of phenolic OH excluding ortho intramolecular Hbond substituents is 1. The molecule has 0 saturated carbocycles. The molecule has 0 unspecified atom stereocenters. The SMILES string of the molecule is C=CCOc1ccc(C(=O)N/N=C/c2cc(Cl)ccc2O)cc1OC. The third kappa shape index (κ3) is 4.99. The molecule has 0 heterocycles. The van der Waals surface area contributed by atoms with Gasteiger partial charge in [-0.3, -0.25) is 4.79 Å². The molecule has 0 aromatic heterocycles. The first-order chi connectivity index (χ1) is 12.0. The molecule has 0 radical (unpaired) electrons. The number of phenols is 1. The van der Waals surface area contributed by atoms with Gasteiger partial charge in [-0.15, -0.1) is 0 Å². The first kappa shape index (κ1) is 18.4. The maximum Gasteiger partial charge on any atom is 0.271 e. The monoisotopic (exact) mass is 360 g/mol. The van der Waals surface area contributed by atoms with E-state index in [0.29, 0.717) is 34.3 Å². The van der Waals surface area contributed by atoms with Crippen molar-refractivity contribution in [1.82, 2.24) is 5.43 Å². The van der Waals surface area contributed by atoms with Crippen molar-refractivity contribution in [2.75, 3.05) is 13.7 Å². The Morgan fingerprint density at radius 3 is 2.84 bits per heavy atom. The summed E-state index contributed by atoms with van der Waals surface area (Å²) >= 11 is 5.85. The van der Waals surface area contributed by atoms with Crippen LogP contribution in [0.5, 0.6) is 17.2 Å². The number of benzene rings is 2. The molecule has 130 valence electrons. The Bertz CT molecular complexity index is 806. The third-order valence-corrected chi connectivity index (χ3v) is 3.38. The largest absolute Gasteiger partial charge is 0.507 e. The van der Waals surface area contributed by atoms with Crippen LogP contribution >= 0.6 is 11.6 Å². The second-order valence-corrected chi connectivity index (χ2v) is 5.30. The van der Waals surface area contributed by atoms with E-state index < -0.39 is 5.91 Å². The van der Waals surface area contributed by atoms with E-state index in [4.69, 9.17) is 21.1 Å². The zero-order valence-electron chi connectivity index (χ0n) is 13.5. The van der Waals surface area contributed by atoms with Crippen LogP contribution in [0.3, 0.4) is 0 Å². The highest BCUT2D eigenvalue weighted by Gasteiger charge is 2.10. The molecule has 0 aliphatic carbocycles. The van der Waals surface area contributed by atoms with E-state index in [9.17, 15) is 9.90 Å². The number of amides is 1. The lowest BCUT2D eigenvalue weighted by molar-refractivity contribution is 0.0954. The van der Waals surface area contributed by atoms with Crippen molar-refractivity contribution in [3.8, 4) is 17.2 Å². The molecule has 1 amide bonds. The van der Waals surface area contributed by atoms with Crippen LogP contribution in [-0.2, 0) is 0 Å². The minimum Gasteiger partial charge on any atom is -0.507 e. The van der Waals surface area contributed by atoms with Gasteiger partial charge in [-0.1, -0.05) is 24.3 Å². The van der Waals surface area contributed by atoms with Crippen molar-refractivity contribution < 1.29 is 19.4 Å². The highest BCUT2D eigenvalue weighted by Crippen LogP contribution is 2.28. The lowest BCUT2D eigenvalue weighted by Crippen LogP contribution is -2.17. The number of carbonyl (C=O) groups excluding carboxylic acids is 1. The van der Waals surface area contributed by atoms with Crippen LogP contribution in [0.1, 0.15) is 15.9 Å². The lowest BCUT2D eigenvalue weighted by Gasteiger charge is -2.10. The highest BCUT2D eigenvalue weighted by atomic mass is 35.5. The molecular weight excluding hydrogens is 344 g/mol. The van der Waals surface area contributed by atoms with Crippen LogP contribution in [0.4, 0.5) is 0 Å². The van der Waals surface area contributed by atoms with E-state index >= 15 is 0 Å². The van der Waals surface area contributed by atoms with Gasteiger partial charge >= 0.3 is 0 Å². The molecule has 0 bridgehead atoms. The first-order valence-electron chi connectivity index (χ1n) is 7.28. The van der Waals surface area contributed by atoms with E-state index in [-0.39, 0.29) is 5.75 Å². The van der Waals surface area contributed by atoms with Gasteiger partial charge in [-0.05, 0) is 36.4 Å². The van der Waals surface area contributed by atoms with Gasteiger partial charge in [-0.25, -0.2) is 5.43 Å².